The lowest BCUT2D eigenvalue weighted by molar-refractivity contribution is 0.0354. The standard InChI is InChI=1S/C20H27NO2Si/c1-20(2,3)23-19(22)21(15-10-11-17-24(4,5)6)16-14-18-12-8-7-9-13-18/h7-9,12-13H,14,16H2,1-6H3. The molecule has 0 atom stereocenters. The quantitative estimate of drug-likeness (QED) is 0.466. The molecule has 0 aliphatic carbocycles. The largest absolute Gasteiger partial charge is 0.443 e. The Kier molecular flexibility index (Phi) is 7.13. The SMILES string of the molecule is CC(C)(C)OC(=O)N(C#CC#C[Si](C)(C)C)CCc1ccccc1. The summed E-state index contributed by atoms with van der Waals surface area (Å²) in [6.45, 7) is 12.5. The Balaban J connectivity index is 2.84. The first kappa shape index (κ1) is 19.9. The number of hydrogen-bond acceptors (Lipinski definition) is 2. The number of carbonyl (C=O) groups excluding carboxylic acids is 1. The molecule has 0 N–H and O–H groups in total. The zero-order chi connectivity index (χ0) is 18.2. The Morgan fingerprint density at radius 3 is 2.29 bits per heavy atom. The molecule has 4 heteroatoms. The molecule has 3 nitrogen and oxygen atoms in total. The van der Waals surface area contributed by atoms with Crippen molar-refractivity contribution in [2.45, 2.75) is 52.4 Å². The van der Waals surface area contributed by atoms with Crippen molar-refractivity contribution in [3.63, 3.8) is 0 Å². The van der Waals surface area contributed by atoms with Crippen LogP contribution < -0.4 is 0 Å². The van der Waals surface area contributed by atoms with Crippen molar-refractivity contribution in [1.82, 2.24) is 4.90 Å². The predicted octanol–water partition coefficient (Wildman–Crippen LogP) is 4.31. The summed E-state index contributed by atoms with van der Waals surface area (Å²) in [5.74, 6) is 5.67. The average Bonchev–Trinajstić information content (AvgIpc) is 2.44. The van der Waals surface area contributed by atoms with Gasteiger partial charge in [0.05, 0.1) is 0 Å². The molecule has 0 unspecified atom stereocenters. The highest BCUT2D eigenvalue weighted by Gasteiger charge is 2.21. The van der Waals surface area contributed by atoms with Gasteiger partial charge >= 0.3 is 6.09 Å². The Bertz CT molecular complexity index is 661. The molecule has 0 aromatic heterocycles. The molecule has 0 bridgehead atoms. The topological polar surface area (TPSA) is 29.5 Å². The molecule has 0 saturated carbocycles. The first-order valence-electron chi connectivity index (χ1n) is 8.14. The van der Waals surface area contributed by atoms with Gasteiger partial charge in [-0.05, 0) is 38.7 Å². The average molecular weight is 342 g/mol. The molecule has 0 heterocycles. The lowest BCUT2D eigenvalue weighted by atomic mass is 10.1. The van der Waals surface area contributed by atoms with Crippen molar-refractivity contribution in [3.05, 3.63) is 35.9 Å². The maximum atomic E-state index is 12.3. The second-order valence-corrected chi connectivity index (χ2v) is 12.4. The van der Waals surface area contributed by atoms with E-state index in [2.05, 4.69) is 43.1 Å². The third kappa shape index (κ3) is 9.08. The molecule has 0 spiro atoms. The number of amides is 1. The lowest BCUT2D eigenvalue weighted by Crippen LogP contribution is -2.35. The van der Waals surface area contributed by atoms with E-state index in [4.69, 9.17) is 4.74 Å². The number of rotatable bonds is 3. The van der Waals surface area contributed by atoms with Gasteiger partial charge in [0, 0.05) is 18.5 Å². The Labute approximate surface area is 147 Å². The molecule has 128 valence electrons. The van der Waals surface area contributed by atoms with Gasteiger partial charge in [-0.2, -0.15) is 0 Å². The number of ether oxygens (including phenoxy) is 1. The van der Waals surface area contributed by atoms with Gasteiger partial charge in [-0.25, -0.2) is 9.69 Å². The molecule has 0 radical (unpaired) electrons. The minimum atomic E-state index is -1.46. The van der Waals surface area contributed by atoms with Crippen LogP contribution in [0.2, 0.25) is 19.6 Å². The van der Waals surface area contributed by atoms with E-state index in [1.165, 1.54) is 4.90 Å². The molecule has 24 heavy (non-hydrogen) atoms. The van der Waals surface area contributed by atoms with Gasteiger partial charge in [0.1, 0.15) is 13.7 Å². The summed E-state index contributed by atoms with van der Waals surface area (Å²) >= 11 is 0. The normalized spacial score (nSPS) is 10.8. The second kappa shape index (κ2) is 8.62. The third-order valence-corrected chi connectivity index (χ3v) is 3.65. The van der Waals surface area contributed by atoms with Crippen LogP contribution in [-0.4, -0.2) is 31.2 Å². The summed E-state index contributed by atoms with van der Waals surface area (Å²) in [6.07, 6.45) is 0.289. The summed E-state index contributed by atoms with van der Waals surface area (Å²) < 4.78 is 5.43. The van der Waals surface area contributed by atoms with E-state index in [1.54, 1.807) is 0 Å². The van der Waals surface area contributed by atoms with Crippen molar-refractivity contribution in [3.8, 4) is 23.4 Å². The molecule has 0 saturated heterocycles. The molecule has 0 aliphatic heterocycles. The highest BCUT2D eigenvalue weighted by molar-refractivity contribution is 6.83. The van der Waals surface area contributed by atoms with Gasteiger partial charge in [-0.1, -0.05) is 50.0 Å². The molecule has 0 aliphatic rings. The Morgan fingerprint density at radius 1 is 1.12 bits per heavy atom. The van der Waals surface area contributed by atoms with Crippen LogP contribution in [0.25, 0.3) is 0 Å². The lowest BCUT2D eigenvalue weighted by Gasteiger charge is -2.23. The number of nitrogens with zero attached hydrogens (tertiary/aromatic N) is 1. The van der Waals surface area contributed by atoms with Crippen molar-refractivity contribution in [1.29, 1.82) is 0 Å². The third-order valence-electron chi connectivity index (χ3n) is 2.77. The Morgan fingerprint density at radius 2 is 1.75 bits per heavy atom. The second-order valence-electron chi connectivity index (χ2n) is 7.60. The van der Waals surface area contributed by atoms with Crippen molar-refractivity contribution in [2.75, 3.05) is 6.54 Å². The van der Waals surface area contributed by atoms with E-state index in [1.807, 2.05) is 51.1 Å². The maximum Gasteiger partial charge on any atom is 0.422 e. The maximum absolute atomic E-state index is 12.3. The fraction of sp³-hybridized carbons (Fsp3) is 0.450. The van der Waals surface area contributed by atoms with Gasteiger partial charge in [0.25, 0.3) is 0 Å². The number of hydrogen-bond donors (Lipinski definition) is 0. The molecule has 1 amide bonds. The molecule has 0 fully saturated rings. The van der Waals surface area contributed by atoms with Crippen LogP contribution in [0.15, 0.2) is 30.3 Å². The van der Waals surface area contributed by atoms with Crippen LogP contribution >= 0.6 is 0 Å². The summed E-state index contributed by atoms with van der Waals surface area (Å²) in [5, 5.41) is 0. The zero-order valence-electron chi connectivity index (χ0n) is 15.6. The van der Waals surface area contributed by atoms with Crippen LogP contribution in [0.5, 0.6) is 0 Å². The molecular weight excluding hydrogens is 314 g/mol. The van der Waals surface area contributed by atoms with E-state index >= 15 is 0 Å². The molecule has 1 aromatic rings. The van der Waals surface area contributed by atoms with E-state index in [0.29, 0.717) is 6.54 Å². The van der Waals surface area contributed by atoms with E-state index in [0.717, 1.165) is 12.0 Å². The van der Waals surface area contributed by atoms with Crippen LogP contribution in [0, 0.1) is 23.4 Å². The predicted molar refractivity (Wildman–Crippen MR) is 102 cm³/mol. The number of benzene rings is 1. The van der Waals surface area contributed by atoms with Gasteiger partial charge in [-0.3, -0.25) is 0 Å². The van der Waals surface area contributed by atoms with Crippen LogP contribution in [0.1, 0.15) is 26.3 Å². The highest BCUT2D eigenvalue weighted by Crippen LogP contribution is 2.10. The first-order chi connectivity index (χ1) is 11.1. The van der Waals surface area contributed by atoms with Gasteiger partial charge in [-0.15, -0.1) is 5.54 Å². The van der Waals surface area contributed by atoms with E-state index in [-0.39, 0.29) is 0 Å². The fourth-order valence-electron chi connectivity index (χ4n) is 1.71. The van der Waals surface area contributed by atoms with E-state index < -0.39 is 19.8 Å². The summed E-state index contributed by atoms with van der Waals surface area (Å²) in [7, 11) is -1.46. The number of carbonyl (C=O) groups is 1. The fourth-order valence-corrected chi connectivity index (χ4v) is 2.15. The molecule has 1 rings (SSSR count). The monoisotopic (exact) mass is 341 g/mol. The smallest absolute Gasteiger partial charge is 0.422 e. The van der Waals surface area contributed by atoms with Crippen molar-refractivity contribution < 1.29 is 9.53 Å². The van der Waals surface area contributed by atoms with Gasteiger partial charge in [0.2, 0.25) is 0 Å². The zero-order valence-corrected chi connectivity index (χ0v) is 16.6. The first-order valence-corrected chi connectivity index (χ1v) is 11.6. The van der Waals surface area contributed by atoms with Crippen molar-refractivity contribution in [2.24, 2.45) is 0 Å². The van der Waals surface area contributed by atoms with Gasteiger partial charge < -0.3 is 4.74 Å². The minimum absolute atomic E-state index is 0.430. The summed E-state index contributed by atoms with van der Waals surface area (Å²) in [5.41, 5.74) is 3.78. The molecule has 1 aromatic carbocycles. The van der Waals surface area contributed by atoms with Crippen molar-refractivity contribution >= 4 is 14.2 Å². The highest BCUT2D eigenvalue weighted by atomic mass is 28.3. The van der Waals surface area contributed by atoms with E-state index in [9.17, 15) is 4.79 Å². The van der Waals surface area contributed by atoms with Crippen LogP contribution in [0.4, 0.5) is 4.79 Å². The van der Waals surface area contributed by atoms with Crippen LogP contribution in [-0.2, 0) is 11.2 Å². The summed E-state index contributed by atoms with van der Waals surface area (Å²) in [6, 6.07) is 12.9. The minimum Gasteiger partial charge on any atom is -0.443 e. The summed E-state index contributed by atoms with van der Waals surface area (Å²) in [4.78, 5) is 13.7. The van der Waals surface area contributed by atoms with Crippen LogP contribution in [0.3, 0.4) is 0 Å². The Hall–Kier alpha value is -2.17. The van der Waals surface area contributed by atoms with Gasteiger partial charge in [0.15, 0.2) is 0 Å². The molecular formula is C20H27NO2Si.